The van der Waals surface area contributed by atoms with Crippen LogP contribution in [0.5, 0.6) is 5.75 Å². The van der Waals surface area contributed by atoms with Gasteiger partial charge in [-0.3, -0.25) is 4.79 Å². The van der Waals surface area contributed by atoms with Crippen LogP contribution in [0.25, 0.3) is 0 Å². The number of ether oxygens (including phenoxy) is 1. The number of hydrogen-bond acceptors (Lipinski definition) is 3. The average Bonchev–Trinajstić information content (AvgIpc) is 2.90. The van der Waals surface area contributed by atoms with Gasteiger partial charge in [-0.25, -0.2) is 0 Å². The Hall–Kier alpha value is -1.69. The van der Waals surface area contributed by atoms with Gasteiger partial charge in [0, 0.05) is 12.1 Å². The molecule has 2 rings (SSSR count). The number of alkyl halides is 2. The quantitative estimate of drug-likeness (QED) is 0.855. The second-order valence-corrected chi connectivity index (χ2v) is 4.35. The molecule has 0 aliphatic carbocycles. The summed E-state index contributed by atoms with van der Waals surface area (Å²) in [7, 11) is 0. The van der Waals surface area contributed by atoms with Crippen molar-refractivity contribution in [2.45, 2.75) is 32.0 Å². The summed E-state index contributed by atoms with van der Waals surface area (Å²) in [6, 6.07) is 6.26. The molecule has 1 aliphatic heterocycles. The highest BCUT2D eigenvalue weighted by Gasteiger charge is 2.21. The van der Waals surface area contributed by atoms with Crippen molar-refractivity contribution in [2.75, 3.05) is 6.54 Å². The lowest BCUT2D eigenvalue weighted by Gasteiger charge is -2.13. The van der Waals surface area contributed by atoms with E-state index in [1.54, 1.807) is 18.2 Å². The Bertz CT molecular complexity index is 434. The summed E-state index contributed by atoms with van der Waals surface area (Å²) in [5.74, 6) is -0.0125. The predicted octanol–water partition coefficient (Wildman–Crippen LogP) is 1.66. The number of amides is 1. The maximum Gasteiger partial charge on any atom is 0.387 e. The van der Waals surface area contributed by atoms with E-state index in [-0.39, 0.29) is 24.2 Å². The molecular formula is C13H16F2N2O2. The Morgan fingerprint density at radius 1 is 1.47 bits per heavy atom. The number of rotatable bonds is 5. The van der Waals surface area contributed by atoms with E-state index in [1.807, 2.05) is 0 Å². The Kier molecular flexibility index (Phi) is 4.68. The minimum Gasteiger partial charge on any atom is -0.434 e. The first-order valence-electron chi connectivity index (χ1n) is 6.20. The molecule has 0 aromatic heterocycles. The lowest BCUT2D eigenvalue weighted by atomic mass is 10.2. The highest BCUT2D eigenvalue weighted by Crippen LogP contribution is 2.20. The van der Waals surface area contributed by atoms with E-state index in [4.69, 9.17) is 0 Å². The van der Waals surface area contributed by atoms with Crippen molar-refractivity contribution in [3.05, 3.63) is 29.8 Å². The van der Waals surface area contributed by atoms with Gasteiger partial charge in [-0.05, 0) is 25.5 Å². The first-order valence-corrected chi connectivity index (χ1v) is 6.20. The third-order valence-corrected chi connectivity index (χ3v) is 3.02. The Morgan fingerprint density at radius 2 is 2.26 bits per heavy atom. The number of hydrogen-bond donors (Lipinski definition) is 2. The van der Waals surface area contributed by atoms with Crippen LogP contribution in [-0.4, -0.2) is 25.1 Å². The molecule has 0 bridgehead atoms. The van der Waals surface area contributed by atoms with Crippen LogP contribution in [0, 0.1) is 0 Å². The van der Waals surface area contributed by atoms with E-state index in [2.05, 4.69) is 15.4 Å². The van der Waals surface area contributed by atoms with Gasteiger partial charge in [-0.1, -0.05) is 18.2 Å². The Balaban J connectivity index is 1.93. The second kappa shape index (κ2) is 6.47. The van der Waals surface area contributed by atoms with E-state index in [0.29, 0.717) is 5.56 Å². The van der Waals surface area contributed by atoms with Crippen LogP contribution < -0.4 is 15.4 Å². The Labute approximate surface area is 110 Å². The fourth-order valence-corrected chi connectivity index (χ4v) is 2.07. The third-order valence-electron chi connectivity index (χ3n) is 3.02. The zero-order chi connectivity index (χ0) is 13.7. The third kappa shape index (κ3) is 3.89. The summed E-state index contributed by atoms with van der Waals surface area (Å²) in [6.07, 6.45) is 1.78. The first kappa shape index (κ1) is 13.7. The maximum absolute atomic E-state index is 12.2. The van der Waals surface area contributed by atoms with E-state index < -0.39 is 6.61 Å². The highest BCUT2D eigenvalue weighted by molar-refractivity contribution is 5.82. The van der Waals surface area contributed by atoms with Gasteiger partial charge in [-0.2, -0.15) is 8.78 Å². The molecule has 2 N–H and O–H groups in total. The molecule has 1 heterocycles. The molecule has 19 heavy (non-hydrogen) atoms. The fraction of sp³-hybridized carbons (Fsp3) is 0.462. The lowest BCUT2D eigenvalue weighted by molar-refractivity contribution is -0.122. The topological polar surface area (TPSA) is 50.4 Å². The molecule has 1 unspecified atom stereocenters. The van der Waals surface area contributed by atoms with Gasteiger partial charge >= 0.3 is 6.61 Å². The molecule has 1 fully saturated rings. The highest BCUT2D eigenvalue weighted by atomic mass is 19.3. The average molecular weight is 270 g/mol. The van der Waals surface area contributed by atoms with Gasteiger partial charge in [0.1, 0.15) is 5.75 Å². The van der Waals surface area contributed by atoms with E-state index in [9.17, 15) is 13.6 Å². The lowest BCUT2D eigenvalue weighted by Crippen LogP contribution is -2.40. The summed E-state index contributed by atoms with van der Waals surface area (Å²) in [4.78, 5) is 11.8. The summed E-state index contributed by atoms with van der Waals surface area (Å²) in [6.45, 7) is -1.85. The van der Waals surface area contributed by atoms with Crippen molar-refractivity contribution in [1.82, 2.24) is 10.6 Å². The maximum atomic E-state index is 12.2. The minimum atomic E-state index is -2.87. The van der Waals surface area contributed by atoms with Crippen molar-refractivity contribution >= 4 is 5.91 Å². The van der Waals surface area contributed by atoms with E-state index in [1.165, 1.54) is 6.07 Å². The summed E-state index contributed by atoms with van der Waals surface area (Å²) < 4.78 is 28.9. The minimum absolute atomic E-state index is 0.0946. The van der Waals surface area contributed by atoms with Crippen molar-refractivity contribution in [3.63, 3.8) is 0 Å². The predicted molar refractivity (Wildman–Crippen MR) is 65.9 cm³/mol. The standard InChI is InChI=1S/C13H16F2N2O2/c14-13(15)19-11-6-2-1-4-9(11)8-17-12(18)10-5-3-7-16-10/h1-2,4,6,10,13,16H,3,5,7-8H2,(H,17,18). The second-order valence-electron chi connectivity index (χ2n) is 4.35. The van der Waals surface area contributed by atoms with Crippen LogP contribution in [0.4, 0.5) is 8.78 Å². The number of halogens is 2. The number of para-hydroxylation sites is 1. The Morgan fingerprint density at radius 3 is 2.95 bits per heavy atom. The van der Waals surface area contributed by atoms with Crippen LogP contribution in [0.3, 0.4) is 0 Å². The molecular weight excluding hydrogens is 254 g/mol. The molecule has 0 saturated carbocycles. The van der Waals surface area contributed by atoms with Crippen molar-refractivity contribution in [1.29, 1.82) is 0 Å². The van der Waals surface area contributed by atoms with Crippen molar-refractivity contribution in [2.24, 2.45) is 0 Å². The van der Waals surface area contributed by atoms with Gasteiger partial charge in [0.05, 0.1) is 6.04 Å². The van der Waals surface area contributed by atoms with Gasteiger partial charge in [-0.15, -0.1) is 0 Å². The van der Waals surface area contributed by atoms with Crippen LogP contribution in [0.1, 0.15) is 18.4 Å². The molecule has 1 atom stereocenters. The number of carbonyl (C=O) groups excluding carboxylic acids is 1. The summed E-state index contributed by atoms with van der Waals surface area (Å²) in [5.41, 5.74) is 0.536. The van der Waals surface area contributed by atoms with E-state index >= 15 is 0 Å². The molecule has 1 saturated heterocycles. The monoisotopic (exact) mass is 270 g/mol. The number of carbonyl (C=O) groups is 1. The first-order chi connectivity index (χ1) is 9.16. The van der Waals surface area contributed by atoms with Crippen molar-refractivity contribution in [3.8, 4) is 5.75 Å². The van der Waals surface area contributed by atoms with Gasteiger partial charge in [0.25, 0.3) is 0 Å². The van der Waals surface area contributed by atoms with Gasteiger partial charge in [0.15, 0.2) is 0 Å². The number of nitrogens with one attached hydrogen (secondary N) is 2. The van der Waals surface area contributed by atoms with Gasteiger partial charge < -0.3 is 15.4 Å². The molecule has 1 aromatic carbocycles. The van der Waals surface area contributed by atoms with Crippen LogP contribution >= 0.6 is 0 Å². The molecule has 104 valence electrons. The SMILES string of the molecule is O=C(NCc1ccccc1OC(F)F)C1CCCN1. The van der Waals surface area contributed by atoms with Crippen LogP contribution in [-0.2, 0) is 11.3 Å². The zero-order valence-electron chi connectivity index (χ0n) is 10.4. The molecule has 1 aromatic rings. The molecule has 1 aliphatic rings. The fourth-order valence-electron chi connectivity index (χ4n) is 2.07. The molecule has 0 spiro atoms. The molecule has 4 nitrogen and oxygen atoms in total. The molecule has 0 radical (unpaired) electrons. The summed E-state index contributed by atoms with van der Waals surface area (Å²) >= 11 is 0. The van der Waals surface area contributed by atoms with Crippen LogP contribution in [0.15, 0.2) is 24.3 Å². The molecule has 6 heteroatoms. The smallest absolute Gasteiger partial charge is 0.387 e. The number of benzene rings is 1. The largest absolute Gasteiger partial charge is 0.434 e. The summed E-state index contributed by atoms with van der Waals surface area (Å²) in [5, 5.41) is 5.80. The van der Waals surface area contributed by atoms with Crippen molar-refractivity contribution < 1.29 is 18.3 Å². The van der Waals surface area contributed by atoms with Gasteiger partial charge in [0.2, 0.25) is 5.91 Å². The molecule has 1 amide bonds. The zero-order valence-corrected chi connectivity index (χ0v) is 10.4. The van der Waals surface area contributed by atoms with E-state index in [0.717, 1.165) is 19.4 Å². The van der Waals surface area contributed by atoms with Crippen LogP contribution in [0.2, 0.25) is 0 Å². The normalized spacial score (nSPS) is 18.6.